The highest BCUT2D eigenvalue weighted by Crippen LogP contribution is 2.19. The Morgan fingerprint density at radius 1 is 1.19 bits per heavy atom. The van der Waals surface area contributed by atoms with Crippen molar-refractivity contribution in [3.8, 4) is 0 Å². The Morgan fingerprint density at radius 2 is 1.81 bits per heavy atom. The van der Waals surface area contributed by atoms with E-state index in [0.717, 1.165) is 16.9 Å². The number of carbonyl (C=O) groups excluding carboxylic acids is 2. The van der Waals surface area contributed by atoms with Crippen LogP contribution in [0, 0.1) is 5.92 Å². The molecule has 1 aliphatic rings. The van der Waals surface area contributed by atoms with Crippen LogP contribution < -0.4 is 0 Å². The Morgan fingerprint density at radius 3 is 2.29 bits per heavy atom. The first-order valence-corrected chi connectivity index (χ1v) is 7.21. The SMILES string of the molecule is CC(C)Cc1ccc([C@@H](O)CN2C(=O)CN(C)C2=O)cc1. The molecule has 0 spiro atoms. The van der Waals surface area contributed by atoms with E-state index in [1.54, 1.807) is 7.05 Å². The summed E-state index contributed by atoms with van der Waals surface area (Å²) in [5.41, 5.74) is 1.94. The largest absolute Gasteiger partial charge is 0.387 e. The predicted molar refractivity (Wildman–Crippen MR) is 79.7 cm³/mol. The summed E-state index contributed by atoms with van der Waals surface area (Å²) in [4.78, 5) is 25.9. The number of rotatable bonds is 5. The second kappa shape index (κ2) is 6.26. The van der Waals surface area contributed by atoms with Crippen LogP contribution in [0.25, 0.3) is 0 Å². The first kappa shape index (κ1) is 15.5. The fraction of sp³-hybridized carbons (Fsp3) is 0.500. The van der Waals surface area contributed by atoms with Crippen molar-refractivity contribution in [3.63, 3.8) is 0 Å². The van der Waals surface area contributed by atoms with Gasteiger partial charge in [-0.15, -0.1) is 0 Å². The number of likely N-dealkylation sites (N-methyl/N-ethyl adjacent to an activating group) is 1. The standard InChI is InChI=1S/C16H22N2O3/c1-11(2)8-12-4-6-13(7-5-12)14(19)9-18-15(20)10-17(3)16(18)21/h4-7,11,14,19H,8-10H2,1-3H3/t14-/m0/s1. The lowest BCUT2D eigenvalue weighted by Crippen LogP contribution is -2.35. The van der Waals surface area contributed by atoms with Crippen molar-refractivity contribution in [1.82, 2.24) is 9.80 Å². The van der Waals surface area contributed by atoms with E-state index < -0.39 is 6.10 Å². The number of benzene rings is 1. The number of imide groups is 1. The molecule has 3 amide bonds. The molecule has 2 rings (SSSR count). The van der Waals surface area contributed by atoms with Crippen LogP contribution in [0.15, 0.2) is 24.3 Å². The van der Waals surface area contributed by atoms with E-state index in [-0.39, 0.29) is 25.0 Å². The summed E-state index contributed by atoms with van der Waals surface area (Å²) in [6.07, 6.45) is 0.141. The Kier molecular flexibility index (Phi) is 4.63. The van der Waals surface area contributed by atoms with Crippen molar-refractivity contribution in [1.29, 1.82) is 0 Å². The summed E-state index contributed by atoms with van der Waals surface area (Å²) >= 11 is 0. The molecule has 1 fully saturated rings. The van der Waals surface area contributed by atoms with Gasteiger partial charge in [0.15, 0.2) is 0 Å². The van der Waals surface area contributed by atoms with Crippen molar-refractivity contribution in [2.45, 2.75) is 26.4 Å². The third-order valence-electron chi connectivity index (χ3n) is 3.59. The van der Waals surface area contributed by atoms with Gasteiger partial charge in [0.1, 0.15) is 6.54 Å². The van der Waals surface area contributed by atoms with Gasteiger partial charge >= 0.3 is 6.03 Å². The average molecular weight is 290 g/mol. The summed E-state index contributed by atoms with van der Waals surface area (Å²) in [5, 5.41) is 10.2. The molecule has 0 aliphatic carbocycles. The number of nitrogens with zero attached hydrogens (tertiary/aromatic N) is 2. The molecule has 21 heavy (non-hydrogen) atoms. The number of hydrogen-bond acceptors (Lipinski definition) is 3. The molecule has 114 valence electrons. The van der Waals surface area contributed by atoms with Crippen LogP contribution in [0.3, 0.4) is 0 Å². The van der Waals surface area contributed by atoms with Crippen LogP contribution in [0.4, 0.5) is 4.79 Å². The van der Waals surface area contributed by atoms with E-state index in [1.807, 2.05) is 24.3 Å². The second-order valence-corrected chi connectivity index (χ2v) is 6.00. The monoisotopic (exact) mass is 290 g/mol. The minimum Gasteiger partial charge on any atom is -0.387 e. The molecule has 1 aromatic carbocycles. The van der Waals surface area contributed by atoms with Gasteiger partial charge in [-0.2, -0.15) is 0 Å². The zero-order valence-electron chi connectivity index (χ0n) is 12.7. The maximum atomic E-state index is 11.8. The normalized spacial score (nSPS) is 17.0. The lowest BCUT2D eigenvalue weighted by molar-refractivity contribution is -0.126. The van der Waals surface area contributed by atoms with Crippen LogP contribution in [-0.2, 0) is 11.2 Å². The maximum Gasteiger partial charge on any atom is 0.327 e. The van der Waals surface area contributed by atoms with Crippen molar-refractivity contribution in [3.05, 3.63) is 35.4 Å². The number of aliphatic hydroxyl groups excluding tert-OH is 1. The molecule has 0 unspecified atom stereocenters. The predicted octanol–water partition coefficient (Wildman–Crippen LogP) is 1.81. The van der Waals surface area contributed by atoms with E-state index in [0.29, 0.717) is 5.92 Å². The summed E-state index contributed by atoms with van der Waals surface area (Å²) in [6.45, 7) is 4.40. The van der Waals surface area contributed by atoms with E-state index >= 15 is 0 Å². The van der Waals surface area contributed by atoms with Crippen LogP contribution in [0.1, 0.15) is 31.1 Å². The molecule has 1 atom stereocenters. The van der Waals surface area contributed by atoms with E-state index in [2.05, 4.69) is 13.8 Å². The fourth-order valence-electron chi connectivity index (χ4n) is 2.47. The summed E-state index contributed by atoms with van der Waals surface area (Å²) in [5.74, 6) is 0.314. The Balaban J connectivity index is 2.02. The third kappa shape index (κ3) is 3.61. The van der Waals surface area contributed by atoms with Crippen LogP contribution >= 0.6 is 0 Å². The molecule has 5 heteroatoms. The zero-order valence-corrected chi connectivity index (χ0v) is 12.7. The molecule has 0 aromatic heterocycles. The maximum absolute atomic E-state index is 11.8. The average Bonchev–Trinajstić information content (AvgIpc) is 2.65. The Hall–Kier alpha value is -1.88. The number of hydrogen-bond donors (Lipinski definition) is 1. The topological polar surface area (TPSA) is 60.9 Å². The summed E-state index contributed by atoms with van der Waals surface area (Å²) in [6, 6.07) is 7.33. The molecule has 0 saturated carbocycles. The van der Waals surface area contributed by atoms with Gasteiger partial charge in [0.2, 0.25) is 5.91 Å². The van der Waals surface area contributed by atoms with Crippen LogP contribution in [0.2, 0.25) is 0 Å². The first-order chi connectivity index (χ1) is 9.88. The van der Waals surface area contributed by atoms with Gasteiger partial charge in [-0.05, 0) is 23.5 Å². The highest BCUT2D eigenvalue weighted by molar-refractivity contribution is 6.01. The van der Waals surface area contributed by atoms with Crippen LogP contribution in [0.5, 0.6) is 0 Å². The van der Waals surface area contributed by atoms with Crippen molar-refractivity contribution in [2.24, 2.45) is 5.92 Å². The van der Waals surface area contributed by atoms with Crippen molar-refractivity contribution >= 4 is 11.9 Å². The van der Waals surface area contributed by atoms with Gasteiger partial charge < -0.3 is 10.0 Å². The molecule has 5 nitrogen and oxygen atoms in total. The van der Waals surface area contributed by atoms with Gasteiger partial charge in [0.05, 0.1) is 12.6 Å². The van der Waals surface area contributed by atoms with E-state index in [1.165, 1.54) is 10.5 Å². The Bertz CT molecular complexity index is 525. The molecule has 0 radical (unpaired) electrons. The zero-order chi connectivity index (χ0) is 15.6. The molecule has 1 saturated heterocycles. The Labute approximate surface area is 125 Å². The summed E-state index contributed by atoms with van der Waals surface area (Å²) in [7, 11) is 1.58. The number of carbonyl (C=O) groups is 2. The lowest BCUT2D eigenvalue weighted by atomic mass is 10.00. The summed E-state index contributed by atoms with van der Waals surface area (Å²) < 4.78 is 0. The highest BCUT2D eigenvalue weighted by atomic mass is 16.3. The van der Waals surface area contributed by atoms with Gasteiger partial charge in [-0.25, -0.2) is 4.79 Å². The van der Waals surface area contributed by atoms with Gasteiger partial charge in [0, 0.05) is 7.05 Å². The molecule has 1 aromatic rings. The number of amides is 3. The molecular weight excluding hydrogens is 268 g/mol. The number of β-amino-alcohol motifs (C(OH)–C–C–N with tert-alkyl or cyclic N) is 1. The third-order valence-corrected chi connectivity index (χ3v) is 3.59. The van der Waals surface area contributed by atoms with Crippen molar-refractivity contribution < 1.29 is 14.7 Å². The highest BCUT2D eigenvalue weighted by Gasteiger charge is 2.34. The van der Waals surface area contributed by atoms with E-state index in [9.17, 15) is 14.7 Å². The fourth-order valence-corrected chi connectivity index (χ4v) is 2.47. The molecule has 1 N–H and O–H groups in total. The smallest absolute Gasteiger partial charge is 0.327 e. The van der Waals surface area contributed by atoms with Gasteiger partial charge in [0.25, 0.3) is 0 Å². The lowest BCUT2D eigenvalue weighted by Gasteiger charge is -2.19. The second-order valence-electron chi connectivity index (χ2n) is 6.00. The number of aliphatic hydroxyl groups is 1. The number of urea groups is 1. The van der Waals surface area contributed by atoms with E-state index in [4.69, 9.17) is 0 Å². The van der Waals surface area contributed by atoms with Gasteiger partial charge in [-0.1, -0.05) is 38.1 Å². The minimum atomic E-state index is -0.850. The minimum absolute atomic E-state index is 0.00549. The molecule has 0 bridgehead atoms. The van der Waals surface area contributed by atoms with Gasteiger partial charge in [-0.3, -0.25) is 9.69 Å². The van der Waals surface area contributed by atoms with Crippen molar-refractivity contribution in [2.75, 3.05) is 20.1 Å². The first-order valence-electron chi connectivity index (χ1n) is 7.21. The van der Waals surface area contributed by atoms with Crippen LogP contribution in [-0.4, -0.2) is 47.0 Å². The molecule has 1 heterocycles. The molecular formula is C16H22N2O3. The molecule has 1 aliphatic heterocycles. The quantitative estimate of drug-likeness (QED) is 0.841.